The molecular weight excluding hydrogens is 244 g/mol. The van der Waals surface area contributed by atoms with Crippen LogP contribution in [0.3, 0.4) is 0 Å². The van der Waals surface area contributed by atoms with E-state index in [1.807, 2.05) is 27.7 Å². The number of hydrogen-bond donors (Lipinski definition) is 2. The molecule has 4 nitrogen and oxygen atoms in total. The molecule has 0 aromatic heterocycles. The van der Waals surface area contributed by atoms with E-state index in [4.69, 9.17) is 5.11 Å². The molecule has 1 rings (SSSR count). The molecule has 0 spiro atoms. The Hall–Kier alpha value is -1.84. The van der Waals surface area contributed by atoms with Crippen LogP contribution < -0.4 is 0 Å². The smallest absolute Gasteiger partial charge is 0.335 e. The van der Waals surface area contributed by atoms with Crippen molar-refractivity contribution in [3.63, 3.8) is 0 Å². The van der Waals surface area contributed by atoms with Crippen molar-refractivity contribution in [3.05, 3.63) is 34.9 Å². The van der Waals surface area contributed by atoms with Crippen molar-refractivity contribution in [1.29, 1.82) is 0 Å². The van der Waals surface area contributed by atoms with Gasteiger partial charge in [0.1, 0.15) is 0 Å². The molecule has 0 saturated carbocycles. The highest BCUT2D eigenvalue weighted by atomic mass is 16.4. The summed E-state index contributed by atoms with van der Waals surface area (Å²) in [6.45, 7) is 8.17. The summed E-state index contributed by atoms with van der Waals surface area (Å²) in [5, 5.41) is 18.2. The van der Waals surface area contributed by atoms with Crippen LogP contribution in [0.25, 0.3) is 0 Å². The van der Waals surface area contributed by atoms with Crippen LogP contribution in [0, 0.1) is 11.8 Å². The van der Waals surface area contributed by atoms with Gasteiger partial charge < -0.3 is 10.2 Å². The van der Waals surface area contributed by atoms with Crippen molar-refractivity contribution >= 4 is 11.9 Å². The van der Waals surface area contributed by atoms with Gasteiger partial charge in [0.05, 0.1) is 11.1 Å². The van der Waals surface area contributed by atoms with Gasteiger partial charge in [0.2, 0.25) is 0 Å². The van der Waals surface area contributed by atoms with E-state index in [0.29, 0.717) is 5.56 Å². The number of carboxylic acids is 2. The molecule has 104 valence electrons. The van der Waals surface area contributed by atoms with Crippen molar-refractivity contribution in [1.82, 2.24) is 0 Å². The molecule has 4 heteroatoms. The second kappa shape index (κ2) is 5.87. The van der Waals surface area contributed by atoms with Crippen LogP contribution in [0.5, 0.6) is 0 Å². The summed E-state index contributed by atoms with van der Waals surface area (Å²) in [4.78, 5) is 22.3. The first-order valence-corrected chi connectivity index (χ1v) is 6.36. The SMILES string of the molecule is CC(C)C(c1ccc(C(=O)O)cc1C(=O)O)C(C)C. The maximum atomic E-state index is 11.4. The molecule has 0 saturated heterocycles. The van der Waals surface area contributed by atoms with Crippen molar-refractivity contribution in [2.45, 2.75) is 33.6 Å². The quantitative estimate of drug-likeness (QED) is 0.853. The van der Waals surface area contributed by atoms with E-state index in [9.17, 15) is 14.7 Å². The zero-order valence-corrected chi connectivity index (χ0v) is 11.7. The summed E-state index contributed by atoms with van der Waals surface area (Å²) < 4.78 is 0. The predicted octanol–water partition coefficient (Wildman–Crippen LogP) is 3.48. The van der Waals surface area contributed by atoms with Crippen molar-refractivity contribution < 1.29 is 19.8 Å². The molecule has 1 aromatic carbocycles. The summed E-state index contributed by atoms with van der Waals surface area (Å²) in [6, 6.07) is 4.36. The Labute approximate surface area is 113 Å². The van der Waals surface area contributed by atoms with E-state index in [1.165, 1.54) is 12.1 Å². The number of benzene rings is 1. The first-order valence-electron chi connectivity index (χ1n) is 6.36. The molecule has 0 fully saturated rings. The Kier molecular flexibility index (Phi) is 4.70. The average molecular weight is 264 g/mol. The van der Waals surface area contributed by atoms with Crippen LogP contribution in [0.15, 0.2) is 18.2 Å². The van der Waals surface area contributed by atoms with E-state index in [-0.39, 0.29) is 28.9 Å². The number of carbonyl (C=O) groups is 2. The minimum Gasteiger partial charge on any atom is -0.478 e. The Morgan fingerprint density at radius 1 is 0.947 bits per heavy atom. The van der Waals surface area contributed by atoms with Crippen LogP contribution in [-0.2, 0) is 0 Å². The maximum Gasteiger partial charge on any atom is 0.335 e. The van der Waals surface area contributed by atoms with E-state index >= 15 is 0 Å². The highest BCUT2D eigenvalue weighted by Crippen LogP contribution is 2.34. The van der Waals surface area contributed by atoms with Gasteiger partial charge in [-0.25, -0.2) is 9.59 Å². The third-order valence-corrected chi connectivity index (χ3v) is 3.33. The molecule has 0 amide bonds. The van der Waals surface area contributed by atoms with Crippen LogP contribution in [0.4, 0.5) is 0 Å². The zero-order valence-electron chi connectivity index (χ0n) is 11.7. The van der Waals surface area contributed by atoms with Gasteiger partial charge in [-0.15, -0.1) is 0 Å². The molecule has 0 bridgehead atoms. The molecule has 0 atom stereocenters. The lowest BCUT2D eigenvalue weighted by Crippen LogP contribution is -2.18. The number of aromatic carboxylic acids is 2. The number of carboxylic acid groups (broad SMARTS) is 2. The van der Waals surface area contributed by atoms with E-state index in [0.717, 1.165) is 0 Å². The molecule has 2 N–H and O–H groups in total. The van der Waals surface area contributed by atoms with Gasteiger partial charge in [-0.2, -0.15) is 0 Å². The fourth-order valence-electron chi connectivity index (χ4n) is 2.65. The van der Waals surface area contributed by atoms with Gasteiger partial charge in [0, 0.05) is 0 Å². The molecule has 0 heterocycles. The fourth-order valence-corrected chi connectivity index (χ4v) is 2.65. The Morgan fingerprint density at radius 2 is 1.47 bits per heavy atom. The summed E-state index contributed by atoms with van der Waals surface area (Å²) >= 11 is 0. The molecule has 0 aliphatic heterocycles. The predicted molar refractivity (Wildman–Crippen MR) is 72.8 cm³/mol. The van der Waals surface area contributed by atoms with Gasteiger partial charge in [0.25, 0.3) is 0 Å². The molecular formula is C15H20O4. The largest absolute Gasteiger partial charge is 0.478 e. The Morgan fingerprint density at radius 3 is 1.84 bits per heavy atom. The molecule has 0 unspecified atom stereocenters. The Balaban J connectivity index is 3.41. The highest BCUT2D eigenvalue weighted by molar-refractivity contribution is 5.95. The van der Waals surface area contributed by atoms with Gasteiger partial charge in [-0.3, -0.25) is 0 Å². The summed E-state index contributed by atoms with van der Waals surface area (Å²) in [7, 11) is 0. The van der Waals surface area contributed by atoms with Crippen LogP contribution in [0.1, 0.15) is 59.9 Å². The van der Waals surface area contributed by atoms with Crippen LogP contribution >= 0.6 is 0 Å². The zero-order chi connectivity index (χ0) is 14.7. The molecule has 0 aliphatic carbocycles. The minimum atomic E-state index is -1.11. The van der Waals surface area contributed by atoms with Gasteiger partial charge in [-0.1, -0.05) is 33.8 Å². The van der Waals surface area contributed by atoms with Gasteiger partial charge in [0.15, 0.2) is 0 Å². The Bertz CT molecular complexity index is 481. The molecule has 19 heavy (non-hydrogen) atoms. The normalized spacial score (nSPS) is 11.3. The van der Waals surface area contributed by atoms with E-state index in [2.05, 4.69) is 0 Å². The third kappa shape index (κ3) is 3.34. The van der Waals surface area contributed by atoms with Crippen LogP contribution in [0.2, 0.25) is 0 Å². The number of hydrogen-bond acceptors (Lipinski definition) is 2. The van der Waals surface area contributed by atoms with Gasteiger partial charge >= 0.3 is 11.9 Å². The second-order valence-corrected chi connectivity index (χ2v) is 5.43. The first-order chi connectivity index (χ1) is 8.75. The fraction of sp³-hybridized carbons (Fsp3) is 0.467. The monoisotopic (exact) mass is 264 g/mol. The van der Waals surface area contributed by atoms with Crippen molar-refractivity contribution in [3.8, 4) is 0 Å². The third-order valence-electron chi connectivity index (χ3n) is 3.33. The average Bonchev–Trinajstić information content (AvgIpc) is 2.27. The summed E-state index contributed by atoms with van der Waals surface area (Å²) in [5.41, 5.74) is 0.808. The first kappa shape index (κ1) is 15.2. The van der Waals surface area contributed by atoms with E-state index in [1.54, 1.807) is 6.07 Å². The van der Waals surface area contributed by atoms with Crippen molar-refractivity contribution in [2.24, 2.45) is 11.8 Å². The minimum absolute atomic E-state index is 0.00686. The highest BCUT2D eigenvalue weighted by Gasteiger charge is 2.25. The van der Waals surface area contributed by atoms with E-state index < -0.39 is 11.9 Å². The standard InChI is InChI=1S/C15H20O4/c1-8(2)13(9(3)4)11-6-5-10(14(16)17)7-12(11)15(18)19/h5-9,13H,1-4H3,(H,16,17)(H,18,19). The summed E-state index contributed by atoms with van der Waals surface area (Å²) in [5.74, 6) is -1.53. The van der Waals surface area contributed by atoms with Crippen LogP contribution in [-0.4, -0.2) is 22.2 Å². The lowest BCUT2D eigenvalue weighted by Gasteiger charge is -2.26. The lowest BCUT2D eigenvalue weighted by atomic mass is 9.78. The molecule has 0 radical (unpaired) electrons. The molecule has 0 aliphatic rings. The maximum absolute atomic E-state index is 11.4. The second-order valence-electron chi connectivity index (χ2n) is 5.43. The lowest BCUT2D eigenvalue weighted by molar-refractivity contribution is 0.0694. The number of rotatable bonds is 5. The molecule has 1 aromatic rings. The topological polar surface area (TPSA) is 74.6 Å². The van der Waals surface area contributed by atoms with Gasteiger partial charge in [-0.05, 0) is 35.4 Å². The van der Waals surface area contributed by atoms with Crippen molar-refractivity contribution in [2.75, 3.05) is 0 Å². The summed E-state index contributed by atoms with van der Waals surface area (Å²) in [6.07, 6.45) is 0.